The third kappa shape index (κ3) is 5.00. The normalized spacial score (nSPS) is 16.0. The summed E-state index contributed by atoms with van der Waals surface area (Å²) in [6.45, 7) is 3.06. The number of carbonyl (C=O) groups excluding carboxylic acids is 1. The van der Waals surface area contributed by atoms with Crippen LogP contribution in [-0.4, -0.2) is 57.9 Å². The van der Waals surface area contributed by atoms with Gasteiger partial charge in [-0.1, -0.05) is 0 Å². The molecule has 1 unspecified atom stereocenters. The van der Waals surface area contributed by atoms with E-state index in [0.29, 0.717) is 31.7 Å². The molecule has 0 aliphatic carbocycles. The van der Waals surface area contributed by atoms with Crippen LogP contribution in [0.25, 0.3) is 0 Å². The van der Waals surface area contributed by atoms with Crippen LogP contribution in [0.1, 0.15) is 27.7 Å². The number of nitrogens with zero attached hydrogens (tertiary/aromatic N) is 5. The highest BCUT2D eigenvalue weighted by atomic mass is 32.1. The molecule has 2 aromatic heterocycles. The molecule has 1 aliphatic heterocycles. The van der Waals surface area contributed by atoms with E-state index in [0.717, 1.165) is 17.3 Å². The largest absolute Gasteiger partial charge is 0.419 e. The Kier molecular flexibility index (Phi) is 6.01. The molecule has 1 fully saturated rings. The van der Waals surface area contributed by atoms with Gasteiger partial charge in [0.15, 0.2) is 0 Å². The van der Waals surface area contributed by atoms with Crippen LogP contribution < -0.4 is 4.90 Å². The van der Waals surface area contributed by atoms with E-state index in [-0.39, 0.29) is 23.2 Å². The number of rotatable bonds is 5. The summed E-state index contributed by atoms with van der Waals surface area (Å²) in [5.41, 5.74) is -0.422. The minimum absolute atomic E-state index is 0.172. The highest BCUT2D eigenvalue weighted by Crippen LogP contribution is 2.28. The van der Waals surface area contributed by atoms with Gasteiger partial charge in [-0.05, 0) is 6.07 Å². The van der Waals surface area contributed by atoms with Gasteiger partial charge in [0.25, 0.3) is 5.91 Å². The molecule has 0 saturated carbocycles. The van der Waals surface area contributed by atoms with Crippen molar-refractivity contribution in [3.05, 3.63) is 50.0 Å². The molecule has 8 nitrogen and oxygen atoms in total. The van der Waals surface area contributed by atoms with E-state index >= 15 is 0 Å². The lowest BCUT2D eigenvalue weighted by Crippen LogP contribution is -2.49. The summed E-state index contributed by atoms with van der Waals surface area (Å²) in [5.74, 6) is 0.0194. The molecule has 1 aliphatic rings. The molecule has 3 rings (SSSR count). The maximum atomic E-state index is 12.7. The van der Waals surface area contributed by atoms with E-state index in [1.807, 2.05) is 0 Å². The van der Waals surface area contributed by atoms with Gasteiger partial charge in [0, 0.05) is 67.1 Å². The topological polar surface area (TPSA) is 92.5 Å². The average molecular weight is 429 g/mol. The maximum Gasteiger partial charge on any atom is 0.419 e. The second-order valence-corrected chi connectivity index (χ2v) is 7.68. The van der Waals surface area contributed by atoms with Gasteiger partial charge in [0.05, 0.1) is 11.1 Å². The van der Waals surface area contributed by atoms with Crippen molar-refractivity contribution in [3.63, 3.8) is 0 Å². The number of thiophene rings is 1. The second kappa shape index (κ2) is 8.31. The SMILES string of the molecule is CC(Cc1cc(C(=O)N2CCN(c3ncc(C(F)(F)F)cn3)CC2)cs1)[N+](=O)[O-]. The molecule has 29 heavy (non-hydrogen) atoms. The van der Waals surface area contributed by atoms with Crippen LogP contribution >= 0.6 is 11.3 Å². The molecule has 0 N–H and O–H groups in total. The smallest absolute Gasteiger partial charge is 0.337 e. The maximum absolute atomic E-state index is 12.7. The lowest BCUT2D eigenvalue weighted by Gasteiger charge is -2.34. The van der Waals surface area contributed by atoms with Gasteiger partial charge in [-0.15, -0.1) is 11.3 Å². The number of alkyl halides is 3. The van der Waals surface area contributed by atoms with Crippen molar-refractivity contribution in [1.29, 1.82) is 0 Å². The molecule has 156 valence electrons. The molecule has 0 radical (unpaired) electrons. The van der Waals surface area contributed by atoms with Crippen molar-refractivity contribution in [1.82, 2.24) is 14.9 Å². The summed E-state index contributed by atoms with van der Waals surface area (Å²) in [7, 11) is 0. The highest BCUT2D eigenvalue weighted by molar-refractivity contribution is 7.10. The van der Waals surface area contributed by atoms with E-state index in [4.69, 9.17) is 0 Å². The number of amides is 1. The Labute approximate surface area is 168 Å². The lowest BCUT2D eigenvalue weighted by atomic mass is 10.2. The minimum Gasteiger partial charge on any atom is -0.337 e. The third-order valence-corrected chi connectivity index (χ3v) is 5.53. The molecule has 2 aromatic rings. The number of carbonyl (C=O) groups is 1. The summed E-state index contributed by atoms with van der Waals surface area (Å²) in [4.78, 5) is 34.8. The second-order valence-electron chi connectivity index (χ2n) is 6.69. The Morgan fingerprint density at radius 2 is 1.90 bits per heavy atom. The molecular formula is C17H18F3N5O3S. The zero-order chi connectivity index (χ0) is 21.2. The summed E-state index contributed by atoms with van der Waals surface area (Å²) >= 11 is 1.31. The van der Waals surface area contributed by atoms with Crippen LogP contribution in [0.2, 0.25) is 0 Å². The van der Waals surface area contributed by atoms with E-state index in [1.54, 1.807) is 21.2 Å². The van der Waals surface area contributed by atoms with Gasteiger partial charge >= 0.3 is 6.18 Å². The van der Waals surface area contributed by atoms with E-state index in [9.17, 15) is 28.1 Å². The number of anilines is 1. The van der Waals surface area contributed by atoms with Crippen LogP contribution in [0.3, 0.4) is 0 Å². The predicted molar refractivity (Wildman–Crippen MR) is 99.6 cm³/mol. The van der Waals surface area contributed by atoms with Crippen molar-refractivity contribution in [2.45, 2.75) is 25.6 Å². The number of nitro groups is 1. The van der Waals surface area contributed by atoms with Crippen LogP contribution in [0.4, 0.5) is 19.1 Å². The zero-order valence-electron chi connectivity index (χ0n) is 15.4. The first-order valence-electron chi connectivity index (χ1n) is 8.79. The monoisotopic (exact) mass is 429 g/mol. The lowest BCUT2D eigenvalue weighted by molar-refractivity contribution is -0.517. The van der Waals surface area contributed by atoms with Crippen LogP contribution in [0.5, 0.6) is 0 Å². The number of halogens is 3. The van der Waals surface area contributed by atoms with Gasteiger partial charge < -0.3 is 9.80 Å². The standard InChI is InChI=1S/C17H18F3N5O3S/c1-11(25(27)28)6-14-7-12(10-29-14)15(26)23-2-4-24(5-3-23)16-21-8-13(9-22-16)17(18,19)20/h7-11H,2-6H2,1H3. The molecule has 1 amide bonds. The van der Waals surface area contributed by atoms with Crippen molar-refractivity contribution >= 4 is 23.2 Å². The van der Waals surface area contributed by atoms with Crippen LogP contribution in [0, 0.1) is 10.1 Å². The fourth-order valence-corrected chi connectivity index (χ4v) is 3.87. The molecular weight excluding hydrogens is 411 g/mol. The molecule has 0 spiro atoms. The van der Waals surface area contributed by atoms with Crippen molar-refractivity contribution in [3.8, 4) is 0 Å². The van der Waals surface area contributed by atoms with E-state index in [1.165, 1.54) is 18.3 Å². The van der Waals surface area contributed by atoms with Crippen molar-refractivity contribution in [2.24, 2.45) is 0 Å². The summed E-state index contributed by atoms with van der Waals surface area (Å²) in [6, 6.07) is 0.960. The highest BCUT2D eigenvalue weighted by Gasteiger charge is 2.32. The Balaban J connectivity index is 1.57. The average Bonchev–Trinajstić information content (AvgIpc) is 3.15. The Morgan fingerprint density at radius 3 is 2.45 bits per heavy atom. The van der Waals surface area contributed by atoms with Gasteiger partial charge in [0.1, 0.15) is 0 Å². The van der Waals surface area contributed by atoms with Gasteiger partial charge in [-0.3, -0.25) is 14.9 Å². The summed E-state index contributed by atoms with van der Waals surface area (Å²) in [6.07, 6.45) is -2.72. The number of piperazine rings is 1. The number of hydrogen-bond donors (Lipinski definition) is 0. The quantitative estimate of drug-likeness (QED) is 0.536. The molecule has 0 bridgehead atoms. The molecule has 3 heterocycles. The van der Waals surface area contributed by atoms with Crippen molar-refractivity contribution in [2.75, 3.05) is 31.1 Å². The van der Waals surface area contributed by atoms with Crippen molar-refractivity contribution < 1.29 is 22.9 Å². The number of aromatic nitrogens is 2. The Hall–Kier alpha value is -2.76. The van der Waals surface area contributed by atoms with Gasteiger partial charge in [-0.2, -0.15) is 13.2 Å². The Morgan fingerprint density at radius 1 is 1.28 bits per heavy atom. The predicted octanol–water partition coefficient (Wildman–Crippen LogP) is 2.73. The molecule has 1 atom stereocenters. The Bertz CT molecular complexity index is 879. The minimum atomic E-state index is -4.49. The van der Waals surface area contributed by atoms with E-state index in [2.05, 4.69) is 9.97 Å². The van der Waals surface area contributed by atoms with Crippen LogP contribution in [0.15, 0.2) is 23.8 Å². The molecule has 1 saturated heterocycles. The first-order valence-corrected chi connectivity index (χ1v) is 9.67. The van der Waals surface area contributed by atoms with E-state index < -0.39 is 17.8 Å². The van der Waals surface area contributed by atoms with Crippen LogP contribution in [-0.2, 0) is 12.6 Å². The number of hydrogen-bond acceptors (Lipinski definition) is 7. The zero-order valence-corrected chi connectivity index (χ0v) is 16.2. The van der Waals surface area contributed by atoms with Gasteiger partial charge in [-0.25, -0.2) is 9.97 Å². The van der Waals surface area contributed by atoms with Gasteiger partial charge in [0.2, 0.25) is 12.0 Å². The molecule has 12 heteroatoms. The first-order chi connectivity index (χ1) is 13.6. The first kappa shape index (κ1) is 21.0. The third-order valence-electron chi connectivity index (χ3n) is 4.57. The summed E-state index contributed by atoms with van der Waals surface area (Å²) < 4.78 is 37.8. The molecule has 0 aromatic carbocycles. The fourth-order valence-electron chi connectivity index (χ4n) is 2.89. The summed E-state index contributed by atoms with van der Waals surface area (Å²) in [5, 5.41) is 12.5. The fraction of sp³-hybridized carbons (Fsp3) is 0.471.